The van der Waals surface area contributed by atoms with Crippen LogP contribution in [0.25, 0.3) is 0 Å². The quantitative estimate of drug-likeness (QED) is 0.729. The van der Waals surface area contributed by atoms with Gasteiger partial charge in [-0.3, -0.25) is 0 Å². The zero-order valence-corrected chi connectivity index (χ0v) is 11.9. The predicted molar refractivity (Wildman–Crippen MR) is 77.4 cm³/mol. The average Bonchev–Trinajstić information content (AvgIpc) is 2.54. The van der Waals surface area contributed by atoms with Gasteiger partial charge in [0.15, 0.2) is 0 Å². The molecule has 3 N–H and O–H groups in total. The Morgan fingerprint density at radius 3 is 2.47 bits per heavy atom. The van der Waals surface area contributed by atoms with E-state index in [1.54, 1.807) is 18.2 Å². The van der Waals surface area contributed by atoms with E-state index in [4.69, 9.17) is 0 Å². The molecule has 0 bridgehead atoms. The minimum Gasteiger partial charge on any atom is -0.507 e. The molecular weight excluding hydrogens is 238 g/mol. The smallest absolute Gasteiger partial charge is 0.124 e. The van der Waals surface area contributed by atoms with Crippen molar-refractivity contribution < 1.29 is 10.2 Å². The zero-order valence-electron chi connectivity index (χ0n) is 11.9. The molecule has 1 aromatic rings. The molecule has 1 fully saturated rings. The Kier molecular flexibility index (Phi) is 4.70. The molecule has 0 amide bonds. The largest absolute Gasteiger partial charge is 0.507 e. The van der Waals surface area contributed by atoms with E-state index in [0.29, 0.717) is 11.6 Å². The highest BCUT2D eigenvalue weighted by molar-refractivity contribution is 5.44. The van der Waals surface area contributed by atoms with Crippen molar-refractivity contribution >= 4 is 0 Å². The molecule has 0 spiro atoms. The Bertz CT molecular complexity index is 399. The lowest BCUT2D eigenvalue weighted by Gasteiger charge is -2.23. The number of rotatable bonds is 3. The fourth-order valence-electron chi connectivity index (χ4n) is 3.08. The molecule has 3 heteroatoms. The summed E-state index contributed by atoms with van der Waals surface area (Å²) in [5.41, 5.74) is 0.611. The van der Waals surface area contributed by atoms with E-state index in [9.17, 15) is 10.2 Å². The van der Waals surface area contributed by atoms with Gasteiger partial charge in [-0.05, 0) is 44.2 Å². The SMILES string of the molecule is CC1CCCC(NC(C)c2c(O)cccc2O)CC1. The number of hydrogen-bond donors (Lipinski definition) is 3. The molecule has 3 nitrogen and oxygen atoms in total. The lowest BCUT2D eigenvalue weighted by molar-refractivity contribution is 0.378. The normalized spacial score (nSPS) is 25.8. The highest BCUT2D eigenvalue weighted by Crippen LogP contribution is 2.33. The molecule has 0 radical (unpaired) electrons. The standard InChI is InChI=1S/C16H25NO2/c1-11-5-3-6-13(10-9-11)17-12(2)16-14(18)7-4-8-15(16)19/h4,7-8,11-13,17-19H,3,5-6,9-10H2,1-2H3. The van der Waals surface area contributed by atoms with Gasteiger partial charge in [-0.2, -0.15) is 0 Å². The molecular formula is C16H25NO2. The molecule has 106 valence electrons. The van der Waals surface area contributed by atoms with E-state index in [-0.39, 0.29) is 17.5 Å². The Balaban J connectivity index is 2.02. The second-order valence-electron chi connectivity index (χ2n) is 5.91. The minimum atomic E-state index is -0.0281. The number of phenolic OH excluding ortho intramolecular Hbond substituents is 2. The molecule has 1 saturated carbocycles. The lowest BCUT2D eigenvalue weighted by Crippen LogP contribution is -2.31. The first kappa shape index (κ1) is 14.2. The van der Waals surface area contributed by atoms with Gasteiger partial charge < -0.3 is 15.5 Å². The average molecular weight is 263 g/mol. The van der Waals surface area contributed by atoms with Crippen molar-refractivity contribution in [1.29, 1.82) is 0 Å². The van der Waals surface area contributed by atoms with E-state index in [2.05, 4.69) is 12.2 Å². The maximum Gasteiger partial charge on any atom is 0.124 e. The molecule has 0 heterocycles. The first-order valence-corrected chi connectivity index (χ1v) is 7.34. The van der Waals surface area contributed by atoms with Crippen molar-refractivity contribution in [1.82, 2.24) is 5.32 Å². The molecule has 0 aromatic heterocycles. The molecule has 2 rings (SSSR count). The van der Waals surface area contributed by atoms with E-state index >= 15 is 0 Å². The molecule has 0 saturated heterocycles. The monoisotopic (exact) mass is 263 g/mol. The Hall–Kier alpha value is -1.22. The van der Waals surface area contributed by atoms with Crippen molar-refractivity contribution in [3.05, 3.63) is 23.8 Å². The summed E-state index contributed by atoms with van der Waals surface area (Å²) < 4.78 is 0. The molecule has 1 aromatic carbocycles. The molecule has 3 atom stereocenters. The fourth-order valence-corrected chi connectivity index (χ4v) is 3.08. The predicted octanol–water partition coefficient (Wildman–Crippen LogP) is 3.72. The summed E-state index contributed by atoms with van der Waals surface area (Å²) in [6.07, 6.45) is 6.20. The van der Waals surface area contributed by atoms with Crippen LogP contribution >= 0.6 is 0 Å². The van der Waals surface area contributed by atoms with Crippen LogP contribution in [0.15, 0.2) is 18.2 Å². The van der Waals surface area contributed by atoms with Gasteiger partial charge in [0, 0.05) is 12.1 Å². The van der Waals surface area contributed by atoms with Gasteiger partial charge in [0.25, 0.3) is 0 Å². The van der Waals surface area contributed by atoms with Crippen LogP contribution in [0.1, 0.15) is 57.6 Å². The van der Waals surface area contributed by atoms with Gasteiger partial charge in [0.1, 0.15) is 11.5 Å². The summed E-state index contributed by atoms with van der Waals surface area (Å²) in [6.45, 7) is 4.32. The molecule has 1 aliphatic carbocycles. The summed E-state index contributed by atoms with van der Waals surface area (Å²) in [4.78, 5) is 0. The third-order valence-electron chi connectivity index (χ3n) is 4.24. The Morgan fingerprint density at radius 1 is 1.11 bits per heavy atom. The van der Waals surface area contributed by atoms with Crippen LogP contribution in [-0.4, -0.2) is 16.3 Å². The lowest BCUT2D eigenvalue weighted by atomic mass is 10.0. The highest BCUT2D eigenvalue weighted by atomic mass is 16.3. The highest BCUT2D eigenvalue weighted by Gasteiger charge is 2.21. The first-order valence-electron chi connectivity index (χ1n) is 7.34. The third-order valence-corrected chi connectivity index (χ3v) is 4.24. The maximum absolute atomic E-state index is 9.89. The van der Waals surface area contributed by atoms with Crippen LogP contribution in [0.2, 0.25) is 0 Å². The summed E-state index contributed by atoms with van der Waals surface area (Å²) in [6, 6.07) is 5.37. The number of phenols is 2. The van der Waals surface area contributed by atoms with Gasteiger partial charge in [0.05, 0.1) is 5.56 Å². The van der Waals surface area contributed by atoms with Crippen LogP contribution in [0.5, 0.6) is 11.5 Å². The van der Waals surface area contributed by atoms with Crippen molar-refractivity contribution in [3.63, 3.8) is 0 Å². The van der Waals surface area contributed by atoms with Crippen LogP contribution in [0.4, 0.5) is 0 Å². The number of aromatic hydroxyl groups is 2. The second kappa shape index (κ2) is 6.29. The summed E-state index contributed by atoms with van der Waals surface area (Å²) in [7, 11) is 0. The fraction of sp³-hybridized carbons (Fsp3) is 0.625. The second-order valence-corrected chi connectivity index (χ2v) is 5.91. The van der Waals surface area contributed by atoms with Gasteiger partial charge in [0.2, 0.25) is 0 Å². The van der Waals surface area contributed by atoms with Crippen molar-refractivity contribution in [2.24, 2.45) is 5.92 Å². The number of benzene rings is 1. The number of hydrogen-bond acceptors (Lipinski definition) is 3. The molecule has 0 aliphatic heterocycles. The van der Waals surface area contributed by atoms with Crippen LogP contribution in [-0.2, 0) is 0 Å². The van der Waals surface area contributed by atoms with E-state index < -0.39 is 0 Å². The Labute approximate surface area is 115 Å². The first-order chi connectivity index (χ1) is 9.08. The van der Waals surface area contributed by atoms with Crippen molar-refractivity contribution in [2.75, 3.05) is 0 Å². The maximum atomic E-state index is 9.89. The van der Waals surface area contributed by atoms with E-state index in [1.807, 2.05) is 6.92 Å². The van der Waals surface area contributed by atoms with E-state index in [0.717, 1.165) is 5.92 Å². The van der Waals surface area contributed by atoms with Gasteiger partial charge >= 0.3 is 0 Å². The van der Waals surface area contributed by atoms with Crippen molar-refractivity contribution in [2.45, 2.75) is 58.0 Å². The third kappa shape index (κ3) is 3.63. The van der Waals surface area contributed by atoms with Crippen LogP contribution in [0, 0.1) is 5.92 Å². The van der Waals surface area contributed by atoms with Gasteiger partial charge in [-0.1, -0.05) is 25.8 Å². The Morgan fingerprint density at radius 2 is 1.79 bits per heavy atom. The van der Waals surface area contributed by atoms with Gasteiger partial charge in [-0.15, -0.1) is 0 Å². The van der Waals surface area contributed by atoms with Gasteiger partial charge in [-0.25, -0.2) is 0 Å². The van der Waals surface area contributed by atoms with E-state index in [1.165, 1.54) is 32.1 Å². The summed E-state index contributed by atoms with van der Waals surface area (Å²) in [5.74, 6) is 1.16. The number of nitrogens with one attached hydrogen (secondary N) is 1. The molecule has 19 heavy (non-hydrogen) atoms. The zero-order chi connectivity index (χ0) is 13.8. The topological polar surface area (TPSA) is 52.5 Å². The summed E-state index contributed by atoms with van der Waals surface area (Å²) >= 11 is 0. The molecule has 1 aliphatic rings. The molecule has 3 unspecified atom stereocenters. The summed E-state index contributed by atoms with van der Waals surface area (Å²) in [5, 5.41) is 23.3. The van der Waals surface area contributed by atoms with Crippen molar-refractivity contribution in [3.8, 4) is 11.5 Å². The van der Waals surface area contributed by atoms with Crippen LogP contribution in [0.3, 0.4) is 0 Å². The van der Waals surface area contributed by atoms with Crippen LogP contribution < -0.4 is 5.32 Å². The minimum absolute atomic E-state index is 0.0281.